The number of benzene rings is 1. The first kappa shape index (κ1) is 13.5. The van der Waals surface area contributed by atoms with Crippen LogP contribution in [0.4, 0.5) is 0 Å². The molecule has 0 atom stereocenters. The summed E-state index contributed by atoms with van der Waals surface area (Å²) in [5, 5.41) is 0. The van der Waals surface area contributed by atoms with Gasteiger partial charge in [0.05, 0.1) is 6.61 Å². The molecule has 0 aliphatic heterocycles. The maximum Gasteiger partial charge on any atom is 0.345 e. The van der Waals surface area contributed by atoms with E-state index in [0.717, 1.165) is 16.3 Å². The molecule has 0 bridgehead atoms. The van der Waals surface area contributed by atoms with Gasteiger partial charge in [-0.25, -0.2) is 4.79 Å². The molecule has 0 aliphatic carbocycles. The van der Waals surface area contributed by atoms with Crippen molar-refractivity contribution in [3.05, 3.63) is 56.9 Å². The molecule has 2 aromatic rings. The summed E-state index contributed by atoms with van der Waals surface area (Å²) in [6, 6.07) is 8.59. The maximum absolute atomic E-state index is 11.8. The predicted molar refractivity (Wildman–Crippen MR) is 74.1 cm³/mol. The summed E-state index contributed by atoms with van der Waals surface area (Å²) >= 11 is 3.33. The standard InChI is InChI=1S/C14H11BrO4/c1-2-18-14(17)11-8-19-13(7-12(11)16)9-3-5-10(15)6-4-9/h3-8H,2H2,1H3. The van der Waals surface area contributed by atoms with Crippen LogP contribution in [0.5, 0.6) is 0 Å². The van der Waals surface area contributed by atoms with Crippen LogP contribution >= 0.6 is 15.9 Å². The second-order valence-corrected chi connectivity index (χ2v) is 4.67. The molecule has 0 amide bonds. The van der Waals surface area contributed by atoms with E-state index in [4.69, 9.17) is 9.15 Å². The number of esters is 1. The minimum atomic E-state index is -0.668. The Balaban J connectivity index is 2.36. The average molecular weight is 323 g/mol. The quantitative estimate of drug-likeness (QED) is 0.814. The third-order valence-electron chi connectivity index (χ3n) is 2.46. The normalized spacial score (nSPS) is 10.2. The van der Waals surface area contributed by atoms with E-state index in [0.29, 0.717) is 5.76 Å². The van der Waals surface area contributed by atoms with E-state index in [1.54, 1.807) is 6.92 Å². The van der Waals surface area contributed by atoms with Gasteiger partial charge in [-0.05, 0) is 19.1 Å². The van der Waals surface area contributed by atoms with E-state index in [1.807, 2.05) is 24.3 Å². The largest absolute Gasteiger partial charge is 0.463 e. The highest BCUT2D eigenvalue weighted by Gasteiger charge is 2.13. The van der Waals surface area contributed by atoms with E-state index in [9.17, 15) is 9.59 Å². The van der Waals surface area contributed by atoms with E-state index in [1.165, 1.54) is 6.07 Å². The van der Waals surface area contributed by atoms with E-state index < -0.39 is 11.4 Å². The van der Waals surface area contributed by atoms with Crippen LogP contribution < -0.4 is 5.43 Å². The molecule has 98 valence electrons. The van der Waals surface area contributed by atoms with Crippen molar-refractivity contribution in [2.75, 3.05) is 6.61 Å². The van der Waals surface area contributed by atoms with Crippen molar-refractivity contribution >= 4 is 21.9 Å². The minimum Gasteiger partial charge on any atom is -0.463 e. The molecule has 0 aliphatic rings. The molecule has 0 unspecified atom stereocenters. The molecule has 0 fully saturated rings. The molecule has 1 aromatic heterocycles. The monoisotopic (exact) mass is 322 g/mol. The minimum absolute atomic E-state index is 0.0947. The van der Waals surface area contributed by atoms with Gasteiger partial charge >= 0.3 is 5.97 Å². The predicted octanol–water partition coefficient (Wildman–Crippen LogP) is 3.25. The van der Waals surface area contributed by atoms with Crippen molar-refractivity contribution in [2.24, 2.45) is 0 Å². The van der Waals surface area contributed by atoms with Crippen molar-refractivity contribution in [3.63, 3.8) is 0 Å². The number of carbonyl (C=O) groups is 1. The van der Waals surface area contributed by atoms with Crippen LogP contribution in [-0.4, -0.2) is 12.6 Å². The van der Waals surface area contributed by atoms with Crippen LogP contribution in [-0.2, 0) is 4.74 Å². The average Bonchev–Trinajstić information content (AvgIpc) is 2.39. The summed E-state index contributed by atoms with van der Waals surface area (Å²) < 4.78 is 11.0. The fourth-order valence-corrected chi connectivity index (χ4v) is 1.80. The van der Waals surface area contributed by atoms with Crippen molar-refractivity contribution in [1.29, 1.82) is 0 Å². The topological polar surface area (TPSA) is 56.5 Å². The number of carbonyl (C=O) groups excluding carboxylic acids is 1. The number of rotatable bonds is 3. The first-order chi connectivity index (χ1) is 9.11. The van der Waals surface area contributed by atoms with Gasteiger partial charge in [-0.3, -0.25) is 4.79 Å². The molecule has 0 saturated carbocycles. The second kappa shape index (κ2) is 5.84. The highest BCUT2D eigenvalue weighted by atomic mass is 79.9. The lowest BCUT2D eigenvalue weighted by molar-refractivity contribution is 0.0522. The van der Waals surface area contributed by atoms with Crippen molar-refractivity contribution < 1.29 is 13.9 Å². The second-order valence-electron chi connectivity index (χ2n) is 3.75. The van der Waals surface area contributed by atoms with Gasteiger partial charge in [0.15, 0.2) is 5.43 Å². The number of hydrogen-bond donors (Lipinski definition) is 0. The van der Waals surface area contributed by atoms with Gasteiger partial charge in [-0.1, -0.05) is 28.1 Å². The first-order valence-corrected chi connectivity index (χ1v) is 6.47. The van der Waals surface area contributed by atoms with E-state index in [-0.39, 0.29) is 12.2 Å². The summed E-state index contributed by atoms with van der Waals surface area (Å²) in [5.74, 6) is -0.260. The Bertz CT molecular complexity index is 643. The third-order valence-corrected chi connectivity index (χ3v) is 2.98. The Morgan fingerprint density at radius 3 is 2.58 bits per heavy atom. The van der Waals surface area contributed by atoms with Gasteiger partial charge < -0.3 is 9.15 Å². The van der Waals surface area contributed by atoms with Gasteiger partial charge in [-0.15, -0.1) is 0 Å². The van der Waals surface area contributed by atoms with Crippen LogP contribution in [0.15, 0.2) is 50.3 Å². The lowest BCUT2D eigenvalue weighted by Crippen LogP contribution is -2.16. The summed E-state index contributed by atoms with van der Waals surface area (Å²) in [5.41, 5.74) is 0.251. The molecular formula is C14H11BrO4. The molecule has 0 radical (unpaired) electrons. The van der Waals surface area contributed by atoms with Gasteiger partial charge in [0, 0.05) is 16.1 Å². The highest BCUT2D eigenvalue weighted by molar-refractivity contribution is 9.10. The van der Waals surface area contributed by atoms with Gasteiger partial charge in [0.2, 0.25) is 0 Å². The first-order valence-electron chi connectivity index (χ1n) is 5.67. The zero-order valence-corrected chi connectivity index (χ0v) is 11.8. The molecule has 0 spiro atoms. The Morgan fingerprint density at radius 2 is 2.00 bits per heavy atom. The summed E-state index contributed by atoms with van der Waals surface area (Å²) in [6.07, 6.45) is 1.14. The molecule has 0 N–H and O–H groups in total. The van der Waals surface area contributed by atoms with E-state index in [2.05, 4.69) is 15.9 Å². The van der Waals surface area contributed by atoms with Crippen LogP contribution in [0.2, 0.25) is 0 Å². The van der Waals surface area contributed by atoms with Gasteiger partial charge in [0.1, 0.15) is 17.6 Å². The Morgan fingerprint density at radius 1 is 1.32 bits per heavy atom. The summed E-state index contributed by atoms with van der Waals surface area (Å²) in [6.45, 7) is 1.89. The molecular weight excluding hydrogens is 312 g/mol. The van der Waals surface area contributed by atoms with Crippen LogP contribution in [0.1, 0.15) is 17.3 Å². The molecule has 2 rings (SSSR count). The maximum atomic E-state index is 11.8. The molecule has 0 saturated heterocycles. The number of hydrogen-bond acceptors (Lipinski definition) is 4. The smallest absolute Gasteiger partial charge is 0.345 e. The van der Waals surface area contributed by atoms with Crippen molar-refractivity contribution in [2.45, 2.75) is 6.92 Å². The number of halogens is 1. The Hall–Kier alpha value is -1.88. The summed E-state index contributed by atoms with van der Waals surface area (Å²) in [4.78, 5) is 23.3. The SMILES string of the molecule is CCOC(=O)c1coc(-c2ccc(Br)cc2)cc1=O. The van der Waals surface area contributed by atoms with Gasteiger partial charge in [0.25, 0.3) is 0 Å². The Labute approximate surface area is 118 Å². The molecule has 1 aromatic carbocycles. The van der Waals surface area contributed by atoms with Crippen molar-refractivity contribution in [3.8, 4) is 11.3 Å². The van der Waals surface area contributed by atoms with Gasteiger partial charge in [-0.2, -0.15) is 0 Å². The fourth-order valence-electron chi connectivity index (χ4n) is 1.53. The lowest BCUT2D eigenvalue weighted by atomic mass is 10.1. The lowest BCUT2D eigenvalue weighted by Gasteiger charge is -2.03. The van der Waals surface area contributed by atoms with Crippen LogP contribution in [0, 0.1) is 0 Å². The zero-order valence-electron chi connectivity index (χ0n) is 10.2. The van der Waals surface area contributed by atoms with E-state index >= 15 is 0 Å². The highest BCUT2D eigenvalue weighted by Crippen LogP contribution is 2.20. The fraction of sp³-hybridized carbons (Fsp3) is 0.143. The van der Waals surface area contributed by atoms with Crippen LogP contribution in [0.25, 0.3) is 11.3 Å². The zero-order chi connectivity index (χ0) is 13.8. The van der Waals surface area contributed by atoms with Crippen molar-refractivity contribution in [1.82, 2.24) is 0 Å². The molecule has 19 heavy (non-hydrogen) atoms. The molecule has 5 heteroatoms. The molecule has 1 heterocycles. The Kier molecular flexibility index (Phi) is 4.16. The molecule has 4 nitrogen and oxygen atoms in total. The third kappa shape index (κ3) is 3.12. The number of ether oxygens (including phenoxy) is 1. The van der Waals surface area contributed by atoms with Crippen LogP contribution in [0.3, 0.4) is 0 Å². The summed E-state index contributed by atoms with van der Waals surface area (Å²) in [7, 11) is 0.